The number of aryl methyl sites for hydroxylation is 2. The molecule has 11 heteroatoms. The minimum absolute atomic E-state index is 0.124. The van der Waals surface area contributed by atoms with Crippen molar-refractivity contribution < 1.29 is 9.59 Å². The van der Waals surface area contributed by atoms with Crippen LogP contribution in [0, 0.1) is 23.3 Å². The predicted molar refractivity (Wildman–Crippen MR) is 155 cm³/mol. The fourth-order valence-corrected chi connectivity index (χ4v) is 5.93. The lowest BCUT2D eigenvalue weighted by Crippen LogP contribution is -2.31. The molecule has 0 bridgehead atoms. The molecule has 3 aromatic rings. The summed E-state index contributed by atoms with van der Waals surface area (Å²) in [6.07, 6.45) is 0.652. The first-order valence-corrected chi connectivity index (χ1v) is 14.1. The Morgan fingerprint density at radius 1 is 1.11 bits per heavy atom. The molecule has 0 fully saturated rings. The van der Waals surface area contributed by atoms with Crippen molar-refractivity contribution in [2.24, 2.45) is 13.0 Å². The first-order valence-electron chi connectivity index (χ1n) is 11.3. The van der Waals surface area contributed by atoms with Crippen LogP contribution in [0.1, 0.15) is 53.6 Å². The van der Waals surface area contributed by atoms with E-state index in [-0.39, 0.29) is 34.5 Å². The van der Waals surface area contributed by atoms with Gasteiger partial charge in [-0.05, 0) is 90.2 Å². The average molecular weight is 660 g/mol. The number of carbonyl (C=O) groups excluding carboxylic acids is 2. The molecule has 2 aromatic carbocycles. The number of hydrogen-bond acceptors (Lipinski definition) is 5. The van der Waals surface area contributed by atoms with Crippen molar-refractivity contribution in [3.05, 3.63) is 66.5 Å². The number of benzene rings is 2. The van der Waals surface area contributed by atoms with E-state index in [1.165, 1.54) is 17.8 Å². The van der Waals surface area contributed by atoms with Crippen LogP contribution in [0.3, 0.4) is 0 Å². The predicted octanol–water partition coefficient (Wildman–Crippen LogP) is 6.59. The zero-order valence-electron chi connectivity index (χ0n) is 20.7. The van der Waals surface area contributed by atoms with E-state index in [4.69, 9.17) is 23.2 Å². The van der Waals surface area contributed by atoms with Gasteiger partial charge in [-0.1, -0.05) is 48.8 Å². The topological polar surface area (TPSA) is 88.9 Å². The fourth-order valence-electron chi connectivity index (χ4n) is 3.78. The highest BCUT2D eigenvalue weighted by Gasteiger charge is 2.24. The Balaban J connectivity index is 1.72. The largest absolute Gasteiger partial charge is 0.342 e. The van der Waals surface area contributed by atoms with Gasteiger partial charge in [-0.3, -0.25) is 9.59 Å². The van der Waals surface area contributed by atoms with Gasteiger partial charge in [-0.2, -0.15) is 0 Å². The third kappa shape index (κ3) is 7.36. The van der Waals surface area contributed by atoms with Crippen LogP contribution < -0.4 is 10.6 Å². The molecule has 7 nitrogen and oxygen atoms in total. The van der Waals surface area contributed by atoms with Gasteiger partial charge in [-0.25, -0.2) is 0 Å². The van der Waals surface area contributed by atoms with Crippen LogP contribution in [0.2, 0.25) is 10.0 Å². The second kappa shape index (κ2) is 12.6. The SMILES string of the molecule is Cc1cc(I)cc(C)c1NC(=O)CSc1nnc([C@H](CC(C)C)NC(=O)c2ccc(Cl)cc2Cl)n1C. The van der Waals surface area contributed by atoms with E-state index in [0.29, 0.717) is 28.0 Å². The van der Waals surface area contributed by atoms with E-state index in [1.807, 2.05) is 37.6 Å². The van der Waals surface area contributed by atoms with E-state index in [0.717, 1.165) is 20.4 Å². The molecule has 1 atom stereocenters. The van der Waals surface area contributed by atoms with Gasteiger partial charge in [-0.15, -0.1) is 10.2 Å². The molecule has 1 aromatic heterocycles. The van der Waals surface area contributed by atoms with E-state index in [2.05, 4.69) is 57.3 Å². The highest BCUT2D eigenvalue weighted by atomic mass is 127. The number of amides is 2. The molecular formula is C25H28Cl2IN5O2S. The Morgan fingerprint density at radius 3 is 2.39 bits per heavy atom. The number of nitrogens with zero attached hydrogens (tertiary/aromatic N) is 3. The number of hydrogen-bond donors (Lipinski definition) is 2. The van der Waals surface area contributed by atoms with Gasteiger partial charge in [0.1, 0.15) is 0 Å². The van der Waals surface area contributed by atoms with Crippen LogP contribution in [0.25, 0.3) is 0 Å². The highest BCUT2D eigenvalue weighted by Crippen LogP contribution is 2.27. The number of rotatable bonds is 9. The average Bonchev–Trinajstić information content (AvgIpc) is 3.14. The Kier molecular flexibility index (Phi) is 10.1. The van der Waals surface area contributed by atoms with Gasteiger partial charge in [0.05, 0.1) is 22.4 Å². The van der Waals surface area contributed by atoms with Crippen molar-refractivity contribution in [1.29, 1.82) is 0 Å². The van der Waals surface area contributed by atoms with Crippen molar-refractivity contribution in [1.82, 2.24) is 20.1 Å². The summed E-state index contributed by atoms with van der Waals surface area (Å²) >= 11 is 15.8. The van der Waals surface area contributed by atoms with Crippen LogP contribution in [0.4, 0.5) is 5.69 Å². The molecular weight excluding hydrogens is 632 g/mol. The normalized spacial score (nSPS) is 12.0. The summed E-state index contributed by atoms with van der Waals surface area (Å²) < 4.78 is 2.94. The lowest BCUT2D eigenvalue weighted by atomic mass is 10.0. The Hall–Kier alpha value is -1.82. The standard InChI is InChI=1S/C25H28Cl2IN5O2S/c1-13(2)8-20(29-24(35)18-7-6-16(26)11-19(18)27)23-31-32-25(33(23)5)36-12-21(34)30-22-14(3)9-17(28)10-15(22)4/h6-7,9-11,13,20H,8,12H2,1-5H3,(H,29,35)(H,30,34)/t20-/m0/s1. The molecule has 192 valence electrons. The number of thioether (sulfide) groups is 1. The van der Waals surface area contributed by atoms with Gasteiger partial charge in [0.15, 0.2) is 11.0 Å². The zero-order chi connectivity index (χ0) is 26.6. The lowest BCUT2D eigenvalue weighted by molar-refractivity contribution is -0.113. The van der Waals surface area contributed by atoms with E-state index in [9.17, 15) is 9.59 Å². The second-order valence-corrected chi connectivity index (χ2v) is 12.0. The fraction of sp³-hybridized carbons (Fsp3) is 0.360. The third-order valence-corrected chi connectivity index (χ3v) is 7.65. The Bertz CT molecular complexity index is 1260. The first-order chi connectivity index (χ1) is 17.0. The smallest absolute Gasteiger partial charge is 0.253 e. The van der Waals surface area contributed by atoms with Crippen LogP contribution in [0.15, 0.2) is 35.5 Å². The monoisotopic (exact) mass is 659 g/mol. The summed E-state index contributed by atoms with van der Waals surface area (Å²) in [6.45, 7) is 8.10. The summed E-state index contributed by atoms with van der Waals surface area (Å²) in [7, 11) is 1.83. The van der Waals surface area contributed by atoms with Crippen molar-refractivity contribution in [2.45, 2.75) is 45.3 Å². The maximum absolute atomic E-state index is 13.0. The number of halogens is 3. The number of carbonyl (C=O) groups is 2. The highest BCUT2D eigenvalue weighted by molar-refractivity contribution is 14.1. The third-order valence-electron chi connectivity index (χ3n) is 5.46. The van der Waals surface area contributed by atoms with Crippen LogP contribution in [0.5, 0.6) is 0 Å². The summed E-state index contributed by atoms with van der Waals surface area (Å²) in [5, 5.41) is 16.0. The molecule has 0 saturated heterocycles. The molecule has 2 amide bonds. The molecule has 0 saturated carbocycles. The summed E-state index contributed by atoms with van der Waals surface area (Å²) in [4.78, 5) is 25.6. The minimum Gasteiger partial charge on any atom is -0.342 e. The maximum Gasteiger partial charge on any atom is 0.253 e. The van der Waals surface area contributed by atoms with Gasteiger partial charge in [0.2, 0.25) is 5.91 Å². The van der Waals surface area contributed by atoms with Gasteiger partial charge >= 0.3 is 0 Å². The molecule has 2 N–H and O–H groups in total. The Morgan fingerprint density at radius 2 is 1.78 bits per heavy atom. The number of aromatic nitrogens is 3. The number of nitrogens with one attached hydrogen (secondary N) is 2. The molecule has 0 aliphatic rings. The summed E-state index contributed by atoms with van der Waals surface area (Å²) in [5.41, 5.74) is 3.21. The molecule has 36 heavy (non-hydrogen) atoms. The van der Waals surface area contributed by atoms with Crippen LogP contribution >= 0.6 is 57.6 Å². The van der Waals surface area contributed by atoms with Crippen molar-refractivity contribution in [2.75, 3.05) is 11.1 Å². The molecule has 0 radical (unpaired) electrons. The van der Waals surface area contributed by atoms with Gasteiger partial charge in [0.25, 0.3) is 5.91 Å². The molecule has 0 unspecified atom stereocenters. The molecule has 3 rings (SSSR count). The van der Waals surface area contributed by atoms with Gasteiger partial charge < -0.3 is 15.2 Å². The van der Waals surface area contributed by atoms with Crippen LogP contribution in [-0.4, -0.2) is 32.3 Å². The minimum atomic E-state index is -0.387. The van der Waals surface area contributed by atoms with Gasteiger partial charge in [0, 0.05) is 21.3 Å². The second-order valence-electron chi connectivity index (χ2n) is 8.93. The molecule has 0 aliphatic carbocycles. The van der Waals surface area contributed by atoms with Crippen molar-refractivity contribution >= 4 is 75.1 Å². The molecule has 0 aliphatic heterocycles. The quantitative estimate of drug-likeness (QED) is 0.200. The van der Waals surface area contributed by atoms with E-state index >= 15 is 0 Å². The molecule has 0 spiro atoms. The lowest BCUT2D eigenvalue weighted by Gasteiger charge is -2.20. The number of anilines is 1. The van der Waals surface area contributed by atoms with Crippen molar-refractivity contribution in [3.63, 3.8) is 0 Å². The summed E-state index contributed by atoms with van der Waals surface area (Å²) in [6, 6.07) is 8.44. The van der Waals surface area contributed by atoms with E-state index < -0.39 is 0 Å². The molecule has 1 heterocycles. The zero-order valence-corrected chi connectivity index (χ0v) is 25.1. The van der Waals surface area contributed by atoms with Crippen LogP contribution in [-0.2, 0) is 11.8 Å². The van der Waals surface area contributed by atoms with E-state index in [1.54, 1.807) is 12.1 Å². The first kappa shape index (κ1) is 28.7. The van der Waals surface area contributed by atoms with Crippen molar-refractivity contribution in [3.8, 4) is 0 Å². The Labute approximate surface area is 239 Å². The summed E-state index contributed by atoms with van der Waals surface area (Å²) in [5.74, 6) is 0.631. The maximum atomic E-state index is 13.0.